The first-order chi connectivity index (χ1) is 7.63. The second-order valence-electron chi connectivity index (χ2n) is 3.58. The molecule has 0 unspecified atom stereocenters. The topological polar surface area (TPSA) is 64.7 Å². The van der Waals surface area contributed by atoms with Gasteiger partial charge in [0, 0.05) is 25.5 Å². The summed E-state index contributed by atoms with van der Waals surface area (Å²) >= 11 is 0. The van der Waals surface area contributed by atoms with Crippen molar-refractivity contribution in [1.29, 1.82) is 0 Å². The van der Waals surface area contributed by atoms with E-state index in [1.54, 1.807) is 34.9 Å². The Morgan fingerprint density at radius 1 is 1.38 bits per heavy atom. The van der Waals surface area contributed by atoms with Crippen molar-refractivity contribution in [3.63, 3.8) is 0 Å². The summed E-state index contributed by atoms with van der Waals surface area (Å²) in [4.78, 5) is 11.6. The Hall–Kier alpha value is -2.11. The molecule has 0 aliphatic carbocycles. The SMILES string of the molecule is Cc1ccn(CC(=O)Nc2ccn(C)n2)n1. The molecule has 2 aromatic rings. The zero-order chi connectivity index (χ0) is 11.5. The Morgan fingerprint density at radius 3 is 2.75 bits per heavy atom. The summed E-state index contributed by atoms with van der Waals surface area (Å²) in [7, 11) is 1.80. The number of aryl methyl sites for hydroxylation is 2. The van der Waals surface area contributed by atoms with Crippen molar-refractivity contribution in [2.45, 2.75) is 13.5 Å². The number of amides is 1. The fourth-order valence-electron chi connectivity index (χ4n) is 1.36. The molecule has 2 rings (SSSR count). The van der Waals surface area contributed by atoms with Gasteiger partial charge >= 0.3 is 0 Å². The summed E-state index contributed by atoms with van der Waals surface area (Å²) in [6.07, 6.45) is 3.54. The van der Waals surface area contributed by atoms with E-state index in [2.05, 4.69) is 15.5 Å². The molecule has 0 atom stereocenters. The lowest BCUT2D eigenvalue weighted by Crippen LogP contribution is -2.19. The van der Waals surface area contributed by atoms with Gasteiger partial charge in [0.25, 0.3) is 0 Å². The summed E-state index contributed by atoms with van der Waals surface area (Å²) in [6.45, 7) is 2.08. The highest BCUT2D eigenvalue weighted by molar-refractivity contribution is 5.89. The number of nitrogens with one attached hydrogen (secondary N) is 1. The summed E-state index contributed by atoms with van der Waals surface area (Å²) in [5.41, 5.74) is 0.894. The highest BCUT2D eigenvalue weighted by Crippen LogP contribution is 2.01. The Balaban J connectivity index is 1.94. The molecule has 16 heavy (non-hydrogen) atoms. The second-order valence-corrected chi connectivity index (χ2v) is 3.58. The van der Waals surface area contributed by atoms with Gasteiger partial charge in [-0.15, -0.1) is 0 Å². The van der Waals surface area contributed by atoms with Crippen LogP contribution in [0.4, 0.5) is 5.82 Å². The van der Waals surface area contributed by atoms with Crippen molar-refractivity contribution in [3.05, 3.63) is 30.2 Å². The van der Waals surface area contributed by atoms with Gasteiger partial charge < -0.3 is 5.32 Å². The number of carbonyl (C=O) groups excluding carboxylic acids is 1. The third-order valence-corrected chi connectivity index (χ3v) is 2.06. The largest absolute Gasteiger partial charge is 0.308 e. The van der Waals surface area contributed by atoms with Gasteiger partial charge in [-0.25, -0.2) is 0 Å². The van der Waals surface area contributed by atoms with Crippen molar-refractivity contribution in [3.8, 4) is 0 Å². The number of nitrogens with zero attached hydrogens (tertiary/aromatic N) is 4. The standard InChI is InChI=1S/C10H13N5O/c1-8-3-6-15(12-8)7-10(16)11-9-4-5-14(2)13-9/h3-6H,7H2,1-2H3,(H,11,13,16). The second kappa shape index (κ2) is 4.18. The molecule has 0 saturated carbocycles. The fourth-order valence-corrected chi connectivity index (χ4v) is 1.36. The van der Waals surface area contributed by atoms with Crippen molar-refractivity contribution in [1.82, 2.24) is 19.6 Å². The normalized spacial score (nSPS) is 10.4. The van der Waals surface area contributed by atoms with Crippen LogP contribution in [0.2, 0.25) is 0 Å². The highest BCUT2D eigenvalue weighted by atomic mass is 16.2. The molecule has 6 nitrogen and oxygen atoms in total. The molecule has 0 aromatic carbocycles. The third kappa shape index (κ3) is 2.47. The highest BCUT2D eigenvalue weighted by Gasteiger charge is 2.05. The smallest absolute Gasteiger partial charge is 0.247 e. The molecule has 1 N–H and O–H groups in total. The van der Waals surface area contributed by atoms with Crippen molar-refractivity contribution in [2.24, 2.45) is 7.05 Å². The summed E-state index contributed by atoms with van der Waals surface area (Å²) < 4.78 is 3.22. The van der Waals surface area contributed by atoms with Gasteiger partial charge in [-0.3, -0.25) is 14.2 Å². The lowest BCUT2D eigenvalue weighted by atomic mass is 10.5. The van der Waals surface area contributed by atoms with Gasteiger partial charge in [0.05, 0.1) is 5.69 Å². The van der Waals surface area contributed by atoms with Crippen LogP contribution in [0.3, 0.4) is 0 Å². The molecule has 2 heterocycles. The number of aromatic nitrogens is 4. The quantitative estimate of drug-likeness (QED) is 0.820. The van der Waals surface area contributed by atoms with E-state index >= 15 is 0 Å². The molecule has 0 fully saturated rings. The molecule has 2 aromatic heterocycles. The molecule has 0 bridgehead atoms. The summed E-state index contributed by atoms with van der Waals surface area (Å²) in [5, 5.41) is 10.9. The molecule has 1 amide bonds. The van der Waals surface area contributed by atoms with Crippen LogP contribution in [0.25, 0.3) is 0 Å². The summed E-state index contributed by atoms with van der Waals surface area (Å²) in [5.74, 6) is 0.415. The first-order valence-corrected chi connectivity index (χ1v) is 4.93. The Labute approximate surface area is 92.9 Å². The first-order valence-electron chi connectivity index (χ1n) is 4.93. The average molecular weight is 219 g/mol. The van der Waals surface area contributed by atoms with Crippen LogP contribution >= 0.6 is 0 Å². The molecule has 0 spiro atoms. The third-order valence-electron chi connectivity index (χ3n) is 2.06. The monoisotopic (exact) mass is 219 g/mol. The van der Waals surface area contributed by atoms with E-state index in [9.17, 15) is 4.79 Å². The average Bonchev–Trinajstić information content (AvgIpc) is 2.76. The van der Waals surface area contributed by atoms with Crippen LogP contribution in [-0.2, 0) is 18.4 Å². The molecule has 0 saturated heterocycles. The molecular weight excluding hydrogens is 206 g/mol. The van der Waals surface area contributed by atoms with Gasteiger partial charge in [-0.1, -0.05) is 0 Å². The van der Waals surface area contributed by atoms with Crippen molar-refractivity contribution < 1.29 is 4.79 Å². The molecule has 84 valence electrons. The zero-order valence-electron chi connectivity index (χ0n) is 9.21. The number of anilines is 1. The zero-order valence-corrected chi connectivity index (χ0v) is 9.21. The molecular formula is C10H13N5O. The maximum absolute atomic E-state index is 11.6. The van der Waals surface area contributed by atoms with Crippen LogP contribution in [-0.4, -0.2) is 25.5 Å². The molecule has 0 radical (unpaired) electrons. The van der Waals surface area contributed by atoms with E-state index < -0.39 is 0 Å². The van der Waals surface area contributed by atoms with Crippen molar-refractivity contribution >= 4 is 11.7 Å². The van der Waals surface area contributed by atoms with E-state index in [1.165, 1.54) is 0 Å². The van der Waals surface area contributed by atoms with Crippen LogP contribution < -0.4 is 5.32 Å². The Morgan fingerprint density at radius 2 is 2.19 bits per heavy atom. The minimum atomic E-state index is -0.137. The van der Waals surface area contributed by atoms with Gasteiger partial charge in [0.2, 0.25) is 5.91 Å². The van der Waals surface area contributed by atoms with Crippen LogP contribution in [0.1, 0.15) is 5.69 Å². The minimum Gasteiger partial charge on any atom is -0.308 e. The summed E-state index contributed by atoms with van der Waals surface area (Å²) in [6, 6.07) is 3.60. The Bertz CT molecular complexity index is 455. The van der Waals surface area contributed by atoms with E-state index in [1.807, 2.05) is 13.0 Å². The lowest BCUT2D eigenvalue weighted by Gasteiger charge is -2.01. The predicted octanol–water partition coefficient (Wildman–Crippen LogP) is 0.564. The number of hydrogen-bond donors (Lipinski definition) is 1. The van der Waals surface area contributed by atoms with Gasteiger partial charge in [-0.05, 0) is 13.0 Å². The molecule has 0 aliphatic rings. The fraction of sp³-hybridized carbons (Fsp3) is 0.300. The van der Waals surface area contributed by atoms with Gasteiger partial charge in [0.15, 0.2) is 5.82 Å². The van der Waals surface area contributed by atoms with E-state index in [4.69, 9.17) is 0 Å². The van der Waals surface area contributed by atoms with Gasteiger partial charge in [0.1, 0.15) is 6.54 Å². The van der Waals surface area contributed by atoms with E-state index in [-0.39, 0.29) is 12.5 Å². The Kier molecular flexibility index (Phi) is 2.72. The van der Waals surface area contributed by atoms with E-state index in [0.717, 1.165) is 5.69 Å². The van der Waals surface area contributed by atoms with Gasteiger partial charge in [-0.2, -0.15) is 10.2 Å². The van der Waals surface area contributed by atoms with E-state index in [0.29, 0.717) is 5.82 Å². The first kappa shape index (κ1) is 10.4. The maximum atomic E-state index is 11.6. The number of hydrogen-bond acceptors (Lipinski definition) is 3. The number of carbonyl (C=O) groups is 1. The minimum absolute atomic E-state index is 0.137. The lowest BCUT2D eigenvalue weighted by molar-refractivity contribution is -0.116. The van der Waals surface area contributed by atoms with Crippen molar-refractivity contribution in [2.75, 3.05) is 5.32 Å². The van der Waals surface area contributed by atoms with Crippen LogP contribution in [0.15, 0.2) is 24.5 Å². The molecule has 6 heteroatoms. The predicted molar refractivity (Wildman–Crippen MR) is 58.8 cm³/mol. The number of rotatable bonds is 3. The van der Waals surface area contributed by atoms with Crippen LogP contribution in [0.5, 0.6) is 0 Å². The van der Waals surface area contributed by atoms with Crippen LogP contribution in [0, 0.1) is 6.92 Å². The maximum Gasteiger partial charge on any atom is 0.247 e. The molecule has 0 aliphatic heterocycles.